The van der Waals surface area contributed by atoms with Crippen molar-refractivity contribution >= 4 is 34.9 Å². The molecule has 84 valence electrons. The normalized spacial score (nSPS) is 9.19. The smallest absolute Gasteiger partial charge is 0.317 e. The Labute approximate surface area is 103 Å². The summed E-state index contributed by atoms with van der Waals surface area (Å²) in [5, 5.41) is 0.783. The predicted molar refractivity (Wildman–Crippen MR) is 64.4 cm³/mol. The van der Waals surface area contributed by atoms with Crippen LogP contribution in [0.25, 0.3) is 0 Å². The summed E-state index contributed by atoms with van der Waals surface area (Å²) in [5.74, 6) is 4.96. The second-order valence-corrected chi connectivity index (χ2v) is 3.72. The molecule has 1 rings (SSSR count). The number of hydrogen-bond donors (Lipinski definition) is 1. The summed E-state index contributed by atoms with van der Waals surface area (Å²) in [7, 11) is 1.30. The number of benzene rings is 1. The Bertz CT molecular complexity index is 475. The fourth-order valence-corrected chi connectivity index (χ4v) is 1.32. The third-order valence-corrected chi connectivity index (χ3v) is 2.41. The number of ether oxygens (including phenoxy) is 1. The summed E-state index contributed by atoms with van der Waals surface area (Å²) < 4.78 is 4.44. The number of hydrogen-bond acceptors (Lipinski definition) is 3. The van der Waals surface area contributed by atoms with Crippen LogP contribution in [0.1, 0.15) is 12.0 Å². The zero-order valence-corrected chi connectivity index (χ0v) is 10.0. The molecule has 0 aliphatic carbocycles. The lowest BCUT2D eigenvalue weighted by molar-refractivity contribution is -0.139. The third-order valence-electron chi connectivity index (χ3n) is 1.77. The molecule has 0 atom stereocenters. The highest BCUT2D eigenvalue weighted by atomic mass is 35.5. The Hall–Kier alpha value is -1.37. The summed E-state index contributed by atoms with van der Waals surface area (Å²) in [5.41, 5.74) is 6.48. The van der Waals surface area contributed by atoms with Crippen molar-refractivity contribution in [3.8, 4) is 11.8 Å². The number of carbonyl (C=O) groups excluding carboxylic acids is 1. The van der Waals surface area contributed by atoms with Crippen molar-refractivity contribution in [1.82, 2.24) is 0 Å². The first-order chi connectivity index (χ1) is 7.54. The molecule has 1 aromatic carbocycles. The zero-order valence-electron chi connectivity index (χ0n) is 8.51. The number of rotatable bonds is 1. The van der Waals surface area contributed by atoms with Crippen LogP contribution < -0.4 is 5.73 Å². The second kappa shape index (κ2) is 5.64. The Kier molecular flexibility index (Phi) is 4.48. The molecule has 0 aliphatic heterocycles. The van der Waals surface area contributed by atoms with E-state index in [1.54, 1.807) is 6.07 Å². The largest absolute Gasteiger partial charge is 0.468 e. The molecule has 0 bridgehead atoms. The van der Waals surface area contributed by atoms with E-state index in [1.165, 1.54) is 13.2 Å². The minimum Gasteiger partial charge on any atom is -0.468 e. The molecule has 1 aromatic rings. The molecule has 0 radical (unpaired) electrons. The van der Waals surface area contributed by atoms with Crippen molar-refractivity contribution in [3.63, 3.8) is 0 Å². The summed E-state index contributed by atoms with van der Waals surface area (Å²) in [6.07, 6.45) is 0.00875. The third kappa shape index (κ3) is 3.34. The van der Waals surface area contributed by atoms with Crippen molar-refractivity contribution in [2.24, 2.45) is 0 Å². The minimum absolute atomic E-state index is 0.00875. The van der Waals surface area contributed by atoms with Gasteiger partial charge in [0.05, 0.1) is 22.8 Å². The van der Waals surface area contributed by atoms with Crippen LogP contribution >= 0.6 is 23.2 Å². The Morgan fingerprint density at radius 3 is 2.75 bits per heavy atom. The molecule has 16 heavy (non-hydrogen) atoms. The van der Waals surface area contributed by atoms with E-state index in [4.69, 9.17) is 28.9 Å². The van der Waals surface area contributed by atoms with E-state index < -0.39 is 5.97 Å². The van der Waals surface area contributed by atoms with E-state index in [9.17, 15) is 4.79 Å². The summed E-state index contributed by atoms with van der Waals surface area (Å²) in [6, 6.07) is 3.08. The number of nitrogen functional groups attached to an aromatic ring is 1. The predicted octanol–water partition coefficient (Wildman–Crippen LogP) is 2.49. The van der Waals surface area contributed by atoms with Crippen LogP contribution in [0.4, 0.5) is 5.69 Å². The molecule has 0 aliphatic rings. The molecule has 0 fully saturated rings. The maximum Gasteiger partial charge on any atom is 0.317 e. The first kappa shape index (κ1) is 12.7. The van der Waals surface area contributed by atoms with Crippen LogP contribution in [0.5, 0.6) is 0 Å². The van der Waals surface area contributed by atoms with Gasteiger partial charge in [-0.1, -0.05) is 35.0 Å². The number of anilines is 1. The highest BCUT2D eigenvalue weighted by Crippen LogP contribution is 2.26. The monoisotopic (exact) mass is 257 g/mol. The lowest BCUT2D eigenvalue weighted by atomic mass is 10.2. The maximum atomic E-state index is 10.8. The Morgan fingerprint density at radius 2 is 2.12 bits per heavy atom. The van der Waals surface area contributed by atoms with Gasteiger partial charge >= 0.3 is 5.97 Å². The van der Waals surface area contributed by atoms with E-state index in [2.05, 4.69) is 16.6 Å². The van der Waals surface area contributed by atoms with Gasteiger partial charge in [-0.15, -0.1) is 0 Å². The molecule has 3 nitrogen and oxygen atoms in total. The highest BCUT2D eigenvalue weighted by Gasteiger charge is 2.02. The van der Waals surface area contributed by atoms with E-state index >= 15 is 0 Å². The van der Waals surface area contributed by atoms with Gasteiger partial charge < -0.3 is 10.5 Å². The van der Waals surface area contributed by atoms with Crippen molar-refractivity contribution in [3.05, 3.63) is 27.7 Å². The van der Waals surface area contributed by atoms with Crippen LogP contribution in [0.15, 0.2) is 12.1 Å². The molecule has 0 unspecified atom stereocenters. The molecular weight excluding hydrogens is 249 g/mol. The van der Waals surface area contributed by atoms with Gasteiger partial charge in [-0.05, 0) is 12.1 Å². The zero-order chi connectivity index (χ0) is 12.1. The van der Waals surface area contributed by atoms with Crippen molar-refractivity contribution in [2.45, 2.75) is 6.42 Å². The molecule has 2 N–H and O–H groups in total. The minimum atomic E-state index is -0.398. The molecule has 0 aromatic heterocycles. The summed E-state index contributed by atoms with van der Waals surface area (Å²) in [4.78, 5) is 10.8. The topological polar surface area (TPSA) is 52.3 Å². The fraction of sp³-hybridized carbons (Fsp3) is 0.182. The Balaban J connectivity index is 2.89. The Morgan fingerprint density at radius 1 is 1.44 bits per heavy atom. The quantitative estimate of drug-likeness (QED) is 0.478. The van der Waals surface area contributed by atoms with E-state index in [-0.39, 0.29) is 6.42 Å². The number of halogens is 2. The van der Waals surface area contributed by atoms with Gasteiger partial charge in [-0.3, -0.25) is 4.79 Å². The maximum absolute atomic E-state index is 10.8. The standard InChI is InChI=1S/C11H9Cl2NO2/c1-16-11(15)4-2-3-7-5-9(13)10(14)6-8(7)12/h5-6H,4,14H2,1H3. The lowest BCUT2D eigenvalue weighted by Crippen LogP contribution is -1.97. The van der Waals surface area contributed by atoms with Crippen LogP contribution in [-0.4, -0.2) is 13.1 Å². The summed E-state index contributed by atoms with van der Waals surface area (Å²) in [6.45, 7) is 0. The van der Waals surface area contributed by atoms with Crippen LogP contribution in [0.2, 0.25) is 10.0 Å². The van der Waals surface area contributed by atoms with Gasteiger partial charge in [0.2, 0.25) is 0 Å². The van der Waals surface area contributed by atoms with Gasteiger partial charge in [0.1, 0.15) is 6.42 Å². The van der Waals surface area contributed by atoms with Crippen molar-refractivity contribution in [2.75, 3.05) is 12.8 Å². The number of esters is 1. The van der Waals surface area contributed by atoms with Crippen LogP contribution in [0.3, 0.4) is 0 Å². The second-order valence-electron chi connectivity index (χ2n) is 2.91. The number of methoxy groups -OCH3 is 1. The fourth-order valence-electron chi connectivity index (χ4n) is 0.942. The van der Waals surface area contributed by atoms with Gasteiger partial charge in [0, 0.05) is 5.56 Å². The van der Waals surface area contributed by atoms with E-state index in [0.717, 1.165) is 0 Å². The van der Waals surface area contributed by atoms with E-state index in [1.807, 2.05) is 0 Å². The van der Waals surface area contributed by atoms with Gasteiger partial charge in [0.25, 0.3) is 0 Å². The van der Waals surface area contributed by atoms with Crippen molar-refractivity contribution in [1.29, 1.82) is 0 Å². The molecule has 0 amide bonds. The first-order valence-corrected chi connectivity index (χ1v) is 5.10. The molecular formula is C11H9Cl2NO2. The molecule has 0 saturated heterocycles. The van der Waals surface area contributed by atoms with Gasteiger partial charge in [-0.2, -0.15) is 0 Å². The molecule has 5 heteroatoms. The first-order valence-electron chi connectivity index (χ1n) is 4.34. The summed E-state index contributed by atoms with van der Waals surface area (Å²) >= 11 is 11.7. The SMILES string of the molecule is COC(=O)CC#Cc1cc(Cl)c(N)cc1Cl. The van der Waals surface area contributed by atoms with Crippen LogP contribution in [0, 0.1) is 11.8 Å². The van der Waals surface area contributed by atoms with Gasteiger partial charge in [-0.25, -0.2) is 0 Å². The molecule has 0 heterocycles. The van der Waals surface area contributed by atoms with E-state index in [0.29, 0.717) is 21.3 Å². The average Bonchev–Trinajstić information content (AvgIpc) is 2.25. The van der Waals surface area contributed by atoms with Gasteiger partial charge in [0.15, 0.2) is 0 Å². The highest BCUT2D eigenvalue weighted by molar-refractivity contribution is 6.35. The molecule has 0 saturated carbocycles. The van der Waals surface area contributed by atoms with Crippen molar-refractivity contribution < 1.29 is 9.53 Å². The van der Waals surface area contributed by atoms with Crippen LogP contribution in [-0.2, 0) is 9.53 Å². The number of carbonyl (C=O) groups is 1. The molecule has 0 spiro atoms. The number of nitrogens with two attached hydrogens (primary N) is 1. The lowest BCUT2D eigenvalue weighted by Gasteiger charge is -2.00. The average molecular weight is 258 g/mol.